The third-order valence-corrected chi connectivity index (χ3v) is 10.0. The highest BCUT2D eigenvalue weighted by Crippen LogP contribution is 2.57. The summed E-state index contributed by atoms with van der Waals surface area (Å²) in [5, 5.41) is -0.0371. The summed E-state index contributed by atoms with van der Waals surface area (Å²) in [4.78, 5) is 0. The van der Waals surface area contributed by atoms with Gasteiger partial charge < -0.3 is 0 Å². The normalized spacial score (nSPS) is 14.3. The van der Waals surface area contributed by atoms with Crippen LogP contribution in [-0.4, -0.2) is 42.6 Å². The highest BCUT2D eigenvalue weighted by molar-refractivity contribution is 8.13. The molecule has 0 amide bonds. The van der Waals surface area contributed by atoms with E-state index in [2.05, 4.69) is 21.5 Å². The first-order valence-corrected chi connectivity index (χ1v) is 8.73. The van der Waals surface area contributed by atoms with Crippen LogP contribution in [0.4, 0.5) is 0 Å². The van der Waals surface area contributed by atoms with Gasteiger partial charge in [-0.05, 0) is 40.2 Å². The molecule has 0 spiro atoms. The fraction of sp³-hybridized carbons (Fsp3) is 0.500. The van der Waals surface area contributed by atoms with Crippen molar-refractivity contribution in [3.63, 3.8) is 0 Å². The molecule has 2 nitrogen and oxygen atoms in total. The van der Waals surface area contributed by atoms with Crippen molar-refractivity contribution < 1.29 is 0 Å². The van der Waals surface area contributed by atoms with E-state index in [1.807, 2.05) is 46.4 Å². The third kappa shape index (κ3) is 3.52. The minimum Gasteiger partial charge on any atom is -0.269 e. The van der Waals surface area contributed by atoms with E-state index in [1.54, 1.807) is 0 Å². The molecule has 0 unspecified atom stereocenters. The Morgan fingerprint density at radius 1 is 1.12 bits per heavy atom. The molecule has 0 saturated heterocycles. The van der Waals surface area contributed by atoms with E-state index >= 15 is 0 Å². The number of hydrogen-bond acceptors (Lipinski definition) is 1. The van der Waals surface area contributed by atoms with E-state index in [4.69, 9.17) is 23.4 Å². The van der Waals surface area contributed by atoms with Gasteiger partial charge in [0, 0.05) is 0 Å². The molecule has 1 aromatic carbocycles. The predicted octanol–water partition coefficient (Wildman–Crippen LogP) is 3.23. The maximum Gasteiger partial charge on any atom is 0.0943 e. The Labute approximate surface area is 115 Å². The second kappa shape index (κ2) is 6.31. The lowest BCUT2D eigenvalue weighted by atomic mass is 10.2. The summed E-state index contributed by atoms with van der Waals surface area (Å²) in [6.45, 7) is 0. The largest absolute Gasteiger partial charge is 0.269 e. The Balaban J connectivity index is 2.88. The molecule has 1 rings (SSSR count). The SMILES string of the molecule is CN(C)P(=S)([C@@H](Cl)Cc1ccccc1)N(C)C. The number of alkyl halides is 1. The Bertz CT molecular complexity index is 383. The van der Waals surface area contributed by atoms with Gasteiger partial charge in [0.25, 0.3) is 0 Å². The topological polar surface area (TPSA) is 6.48 Å². The highest BCUT2D eigenvalue weighted by Gasteiger charge is 2.31. The number of halogens is 1. The average Bonchev–Trinajstić information content (AvgIpc) is 2.28. The molecule has 5 heteroatoms. The monoisotopic (exact) mass is 290 g/mol. The Hall–Kier alpha value is 0.0800. The van der Waals surface area contributed by atoms with Gasteiger partial charge in [0.2, 0.25) is 0 Å². The molecule has 0 bridgehead atoms. The van der Waals surface area contributed by atoms with Crippen LogP contribution in [0.15, 0.2) is 30.3 Å². The quantitative estimate of drug-likeness (QED) is 0.607. The number of hydrogen-bond donors (Lipinski definition) is 0. The second-order valence-corrected chi connectivity index (χ2v) is 10.3. The average molecular weight is 291 g/mol. The van der Waals surface area contributed by atoms with Crippen LogP contribution in [0.2, 0.25) is 0 Å². The van der Waals surface area contributed by atoms with Crippen LogP contribution < -0.4 is 0 Å². The van der Waals surface area contributed by atoms with Gasteiger partial charge in [-0.15, -0.1) is 11.6 Å². The molecule has 0 fully saturated rings. The molecule has 0 aromatic heterocycles. The van der Waals surface area contributed by atoms with Crippen molar-refractivity contribution in [3.8, 4) is 0 Å². The van der Waals surface area contributed by atoms with Gasteiger partial charge in [-0.25, -0.2) is 0 Å². The first-order chi connectivity index (χ1) is 7.89. The lowest BCUT2D eigenvalue weighted by Crippen LogP contribution is -2.27. The Morgan fingerprint density at radius 2 is 1.59 bits per heavy atom. The maximum absolute atomic E-state index is 6.57. The molecule has 0 heterocycles. The minimum absolute atomic E-state index is 0.0371. The molecule has 0 aliphatic heterocycles. The van der Waals surface area contributed by atoms with Gasteiger partial charge in [-0.3, -0.25) is 9.34 Å². The van der Waals surface area contributed by atoms with E-state index in [9.17, 15) is 0 Å². The number of nitrogens with zero attached hydrogens (tertiary/aromatic N) is 2. The molecule has 0 N–H and O–H groups in total. The molecular formula is C12H20ClN2PS. The molecular weight excluding hydrogens is 271 g/mol. The fourth-order valence-electron chi connectivity index (χ4n) is 1.79. The van der Waals surface area contributed by atoms with Crippen LogP contribution in [0.3, 0.4) is 0 Å². The van der Waals surface area contributed by atoms with Crippen molar-refractivity contribution in [1.29, 1.82) is 0 Å². The first kappa shape index (κ1) is 15.1. The third-order valence-electron chi connectivity index (χ3n) is 2.76. The lowest BCUT2D eigenvalue weighted by molar-refractivity contribution is 0.564. The van der Waals surface area contributed by atoms with Gasteiger partial charge in [0.15, 0.2) is 0 Å². The highest BCUT2D eigenvalue weighted by atomic mass is 35.5. The van der Waals surface area contributed by atoms with Crippen LogP contribution >= 0.6 is 17.9 Å². The maximum atomic E-state index is 6.57. The van der Waals surface area contributed by atoms with E-state index < -0.39 is 6.34 Å². The van der Waals surface area contributed by atoms with E-state index in [1.165, 1.54) is 5.56 Å². The predicted molar refractivity (Wildman–Crippen MR) is 81.4 cm³/mol. The molecule has 0 saturated carbocycles. The molecule has 96 valence electrons. The van der Waals surface area contributed by atoms with Gasteiger partial charge >= 0.3 is 0 Å². The van der Waals surface area contributed by atoms with Crippen LogP contribution in [0.1, 0.15) is 5.56 Å². The van der Waals surface area contributed by atoms with Crippen LogP contribution in [0.25, 0.3) is 0 Å². The Kier molecular flexibility index (Phi) is 5.62. The standard InChI is InChI=1S/C12H20ClN2PS/c1-14(2)16(17,15(3)4)12(13)10-11-8-6-5-7-9-11/h5-9,12H,10H2,1-4H3/t12-/m1/s1. The summed E-state index contributed by atoms with van der Waals surface area (Å²) in [6.07, 6.45) is -1.04. The molecule has 0 aliphatic rings. The van der Waals surface area contributed by atoms with Gasteiger partial charge in [0.05, 0.1) is 11.5 Å². The van der Waals surface area contributed by atoms with Gasteiger partial charge in [-0.2, -0.15) is 0 Å². The van der Waals surface area contributed by atoms with E-state index in [0.717, 1.165) is 6.42 Å². The zero-order chi connectivity index (χ0) is 13.1. The number of benzene rings is 1. The number of rotatable bonds is 5. The van der Waals surface area contributed by atoms with Crippen molar-refractivity contribution in [2.24, 2.45) is 0 Å². The van der Waals surface area contributed by atoms with Crippen molar-refractivity contribution in [2.45, 2.75) is 11.5 Å². The molecule has 0 aliphatic carbocycles. The lowest BCUT2D eigenvalue weighted by Gasteiger charge is -2.38. The summed E-state index contributed by atoms with van der Waals surface area (Å²) in [5.74, 6) is 0. The van der Waals surface area contributed by atoms with Crippen molar-refractivity contribution in [3.05, 3.63) is 35.9 Å². The van der Waals surface area contributed by atoms with Crippen LogP contribution in [0.5, 0.6) is 0 Å². The Morgan fingerprint density at radius 3 is 2.00 bits per heavy atom. The van der Waals surface area contributed by atoms with E-state index in [0.29, 0.717) is 0 Å². The zero-order valence-electron chi connectivity index (χ0n) is 10.8. The van der Waals surface area contributed by atoms with Crippen LogP contribution in [-0.2, 0) is 18.2 Å². The fourth-order valence-corrected chi connectivity index (χ4v) is 5.40. The minimum atomic E-state index is -1.85. The van der Waals surface area contributed by atoms with Crippen molar-refractivity contribution >= 4 is 29.7 Å². The summed E-state index contributed by atoms with van der Waals surface area (Å²) in [6, 6.07) is 10.3. The molecule has 1 atom stereocenters. The second-order valence-electron chi connectivity index (χ2n) is 4.41. The summed E-state index contributed by atoms with van der Waals surface area (Å²) < 4.78 is 4.20. The molecule has 0 radical (unpaired) electrons. The molecule has 17 heavy (non-hydrogen) atoms. The summed E-state index contributed by atoms with van der Waals surface area (Å²) in [5.41, 5.74) is 1.24. The molecule has 1 aromatic rings. The van der Waals surface area contributed by atoms with Crippen molar-refractivity contribution in [2.75, 3.05) is 28.2 Å². The first-order valence-electron chi connectivity index (χ1n) is 5.52. The summed E-state index contributed by atoms with van der Waals surface area (Å²) in [7, 11) is 8.06. The zero-order valence-corrected chi connectivity index (χ0v) is 13.3. The summed E-state index contributed by atoms with van der Waals surface area (Å²) >= 11 is 12.4. The smallest absolute Gasteiger partial charge is 0.0943 e. The van der Waals surface area contributed by atoms with Crippen molar-refractivity contribution in [1.82, 2.24) is 9.34 Å². The van der Waals surface area contributed by atoms with Crippen LogP contribution in [0, 0.1) is 0 Å². The van der Waals surface area contributed by atoms with E-state index in [-0.39, 0.29) is 5.12 Å². The van der Waals surface area contributed by atoms with Gasteiger partial charge in [0.1, 0.15) is 0 Å². The van der Waals surface area contributed by atoms with Gasteiger partial charge in [-0.1, -0.05) is 42.1 Å².